The molecule has 168 valence electrons. The molecule has 3 aromatic rings. The van der Waals surface area contributed by atoms with Gasteiger partial charge < -0.3 is 5.32 Å². The number of benzene rings is 1. The van der Waals surface area contributed by atoms with E-state index < -0.39 is 11.7 Å². The van der Waals surface area contributed by atoms with Crippen molar-refractivity contribution in [3.63, 3.8) is 0 Å². The zero-order valence-electron chi connectivity index (χ0n) is 17.6. The van der Waals surface area contributed by atoms with Crippen LogP contribution in [0.4, 0.5) is 13.2 Å². The quantitative estimate of drug-likeness (QED) is 0.622. The predicted molar refractivity (Wildman–Crippen MR) is 113 cm³/mol. The molecule has 1 aliphatic rings. The van der Waals surface area contributed by atoms with E-state index in [1.807, 2.05) is 18.2 Å². The Morgan fingerprint density at radius 2 is 1.81 bits per heavy atom. The fraction of sp³-hybridized carbons (Fsp3) is 0.348. The first kappa shape index (κ1) is 22.0. The third-order valence-electron chi connectivity index (χ3n) is 5.77. The lowest BCUT2D eigenvalue weighted by Gasteiger charge is -2.28. The lowest BCUT2D eigenvalue weighted by Crippen LogP contribution is -2.36. The molecule has 0 radical (unpaired) electrons. The number of hydrogen-bond donors (Lipinski definition) is 1. The van der Waals surface area contributed by atoms with E-state index in [-0.39, 0.29) is 17.8 Å². The minimum atomic E-state index is -4.46. The van der Waals surface area contributed by atoms with Crippen LogP contribution in [0.25, 0.3) is 5.82 Å². The van der Waals surface area contributed by atoms with Crippen LogP contribution in [0.5, 0.6) is 0 Å². The van der Waals surface area contributed by atoms with Crippen LogP contribution < -0.4 is 5.32 Å². The van der Waals surface area contributed by atoms with Gasteiger partial charge >= 0.3 is 6.18 Å². The molecule has 1 aromatic carbocycles. The minimum absolute atomic E-state index is 0.0783. The van der Waals surface area contributed by atoms with Gasteiger partial charge in [0.15, 0.2) is 5.82 Å². The fourth-order valence-electron chi connectivity index (χ4n) is 4.01. The maximum atomic E-state index is 12.9. The summed E-state index contributed by atoms with van der Waals surface area (Å²) >= 11 is 0. The summed E-state index contributed by atoms with van der Waals surface area (Å²) in [6.45, 7) is 4.13. The maximum absolute atomic E-state index is 12.9. The lowest BCUT2D eigenvalue weighted by molar-refractivity contribution is -0.137. The van der Waals surface area contributed by atoms with Gasteiger partial charge in [-0.15, -0.1) is 0 Å². The van der Waals surface area contributed by atoms with Gasteiger partial charge in [0.1, 0.15) is 0 Å². The topological polar surface area (TPSA) is 63.1 Å². The van der Waals surface area contributed by atoms with Crippen molar-refractivity contribution in [1.29, 1.82) is 0 Å². The molecule has 3 heterocycles. The Morgan fingerprint density at radius 1 is 1.09 bits per heavy atom. The molecule has 1 aliphatic heterocycles. The van der Waals surface area contributed by atoms with Crippen LogP contribution in [0, 0.1) is 6.92 Å². The summed E-state index contributed by atoms with van der Waals surface area (Å²) in [6, 6.07) is 12.3. The molecule has 9 heteroatoms. The maximum Gasteiger partial charge on any atom is 0.417 e. The second-order valence-electron chi connectivity index (χ2n) is 7.84. The summed E-state index contributed by atoms with van der Waals surface area (Å²) in [6.07, 6.45) is 0.00104. The molecule has 1 amide bonds. The number of pyridine rings is 1. The van der Waals surface area contributed by atoms with E-state index in [4.69, 9.17) is 0 Å². The molecule has 1 atom stereocenters. The van der Waals surface area contributed by atoms with Crippen molar-refractivity contribution in [2.24, 2.45) is 0 Å². The highest BCUT2D eigenvalue weighted by molar-refractivity contribution is 5.95. The number of aromatic nitrogens is 3. The molecule has 0 saturated carbocycles. The third kappa shape index (κ3) is 4.67. The first-order chi connectivity index (χ1) is 15.3. The van der Waals surface area contributed by atoms with Crippen molar-refractivity contribution < 1.29 is 18.0 Å². The van der Waals surface area contributed by atoms with Crippen LogP contribution in [0.2, 0.25) is 0 Å². The molecule has 1 saturated heterocycles. The molecule has 2 aromatic heterocycles. The monoisotopic (exact) mass is 443 g/mol. The number of carbonyl (C=O) groups excluding carboxylic acids is 1. The first-order valence-corrected chi connectivity index (χ1v) is 10.5. The number of rotatable bonds is 6. The van der Waals surface area contributed by atoms with Crippen LogP contribution in [-0.4, -0.2) is 45.2 Å². The predicted octanol–water partition coefficient (Wildman–Crippen LogP) is 4.16. The number of hydrogen-bond acceptors (Lipinski definition) is 4. The van der Waals surface area contributed by atoms with E-state index in [0.717, 1.165) is 43.8 Å². The van der Waals surface area contributed by atoms with Gasteiger partial charge in [0.2, 0.25) is 0 Å². The summed E-state index contributed by atoms with van der Waals surface area (Å²) in [4.78, 5) is 19.1. The van der Waals surface area contributed by atoms with Gasteiger partial charge in [0, 0.05) is 12.7 Å². The number of halogens is 3. The van der Waals surface area contributed by atoms with Gasteiger partial charge in [-0.25, -0.2) is 9.67 Å². The van der Waals surface area contributed by atoms with Gasteiger partial charge in [-0.2, -0.15) is 18.3 Å². The van der Waals surface area contributed by atoms with E-state index >= 15 is 0 Å². The van der Waals surface area contributed by atoms with Crippen molar-refractivity contribution >= 4 is 5.91 Å². The molecule has 32 heavy (non-hydrogen) atoms. The third-order valence-corrected chi connectivity index (χ3v) is 5.77. The molecule has 0 bridgehead atoms. The van der Waals surface area contributed by atoms with Crippen molar-refractivity contribution in [3.8, 4) is 5.82 Å². The molecule has 0 aliphatic carbocycles. The second-order valence-corrected chi connectivity index (χ2v) is 7.84. The number of carbonyl (C=O) groups is 1. The Hall–Kier alpha value is -3.20. The Bertz CT molecular complexity index is 1060. The Kier molecular flexibility index (Phi) is 6.27. The van der Waals surface area contributed by atoms with Crippen LogP contribution in [0.1, 0.15) is 46.1 Å². The molecular weight excluding hydrogens is 419 g/mol. The van der Waals surface area contributed by atoms with Crippen molar-refractivity contribution in [1.82, 2.24) is 25.0 Å². The van der Waals surface area contributed by atoms with Crippen molar-refractivity contribution in [3.05, 3.63) is 77.2 Å². The molecule has 1 unspecified atom stereocenters. The molecular formula is C23H24F3N5O. The van der Waals surface area contributed by atoms with Gasteiger partial charge in [0.25, 0.3) is 5.91 Å². The van der Waals surface area contributed by atoms with Crippen LogP contribution in [-0.2, 0) is 6.18 Å². The summed E-state index contributed by atoms with van der Waals surface area (Å²) in [5.74, 6) is -0.0606. The number of amides is 1. The average molecular weight is 443 g/mol. The van der Waals surface area contributed by atoms with E-state index in [2.05, 4.69) is 32.4 Å². The van der Waals surface area contributed by atoms with Crippen molar-refractivity contribution in [2.45, 2.75) is 32.0 Å². The highest BCUT2D eigenvalue weighted by Gasteiger charge is 2.31. The summed E-state index contributed by atoms with van der Waals surface area (Å²) in [5, 5.41) is 7.17. The van der Waals surface area contributed by atoms with Crippen LogP contribution in [0.15, 0.2) is 54.9 Å². The molecule has 1 N–H and O–H groups in total. The number of nitrogens with zero attached hydrogens (tertiary/aromatic N) is 4. The Labute approximate surface area is 184 Å². The fourth-order valence-corrected chi connectivity index (χ4v) is 4.01. The van der Waals surface area contributed by atoms with Gasteiger partial charge in [0.05, 0.1) is 29.1 Å². The summed E-state index contributed by atoms with van der Waals surface area (Å²) in [5.41, 5.74) is 1.18. The standard InChI is InChI=1S/C23H24F3N5O/c1-16-19(14-29-31(16)21-10-9-18(13-27-21)23(24,25)26)22(32)28-15-20(30-11-5-6-12-30)17-7-3-2-4-8-17/h2-4,7-10,13-14,20H,5-6,11-12,15H2,1H3,(H,28,32). The van der Waals surface area contributed by atoms with Gasteiger partial charge in [-0.1, -0.05) is 30.3 Å². The summed E-state index contributed by atoms with van der Waals surface area (Å²) < 4.78 is 39.7. The smallest absolute Gasteiger partial charge is 0.350 e. The minimum Gasteiger partial charge on any atom is -0.350 e. The normalized spacial score (nSPS) is 15.6. The first-order valence-electron chi connectivity index (χ1n) is 10.5. The average Bonchev–Trinajstić information content (AvgIpc) is 3.44. The van der Waals surface area contributed by atoms with E-state index in [1.54, 1.807) is 6.92 Å². The second kappa shape index (κ2) is 9.12. The Morgan fingerprint density at radius 3 is 2.44 bits per heavy atom. The van der Waals surface area contributed by atoms with Crippen LogP contribution >= 0.6 is 0 Å². The largest absolute Gasteiger partial charge is 0.417 e. The molecule has 6 nitrogen and oxygen atoms in total. The highest BCUT2D eigenvalue weighted by Crippen LogP contribution is 2.29. The lowest BCUT2D eigenvalue weighted by atomic mass is 10.1. The van der Waals surface area contributed by atoms with Gasteiger partial charge in [-0.3, -0.25) is 9.69 Å². The molecule has 1 fully saturated rings. The number of nitrogens with one attached hydrogen (secondary N) is 1. The molecule has 0 spiro atoms. The number of likely N-dealkylation sites (tertiary alicyclic amines) is 1. The highest BCUT2D eigenvalue weighted by atomic mass is 19.4. The van der Waals surface area contributed by atoms with E-state index in [0.29, 0.717) is 17.8 Å². The van der Waals surface area contributed by atoms with E-state index in [1.165, 1.54) is 16.9 Å². The number of alkyl halides is 3. The van der Waals surface area contributed by atoms with Crippen molar-refractivity contribution in [2.75, 3.05) is 19.6 Å². The zero-order chi connectivity index (χ0) is 22.7. The van der Waals surface area contributed by atoms with E-state index in [9.17, 15) is 18.0 Å². The Balaban J connectivity index is 1.48. The SMILES string of the molecule is Cc1c(C(=O)NCC(c2ccccc2)N2CCCC2)cnn1-c1ccc(C(F)(F)F)cn1. The molecule has 4 rings (SSSR count). The summed E-state index contributed by atoms with van der Waals surface area (Å²) in [7, 11) is 0. The van der Waals surface area contributed by atoms with Crippen LogP contribution in [0.3, 0.4) is 0 Å². The zero-order valence-corrected chi connectivity index (χ0v) is 17.6. The van der Waals surface area contributed by atoms with Gasteiger partial charge in [-0.05, 0) is 50.6 Å².